The molecule has 0 aromatic carbocycles. The third-order valence-corrected chi connectivity index (χ3v) is 11.5. The van der Waals surface area contributed by atoms with Crippen molar-refractivity contribution in [3.63, 3.8) is 0 Å². The van der Waals surface area contributed by atoms with Gasteiger partial charge in [-0.2, -0.15) is 0 Å². The number of likely N-dealkylation sites (tertiary alicyclic amines) is 1. The number of aliphatic hydroxyl groups is 3. The molecule has 7 bridgehead atoms. The Bertz CT molecular complexity index is 828. The number of nitrogens with zero attached hydrogens (tertiary/aromatic N) is 1. The normalized spacial score (nSPS) is 64.1. The zero-order valence-electron chi connectivity index (χ0n) is 19.3. The molecule has 8 heteroatoms. The molecule has 5 aliphatic carbocycles. The molecule has 3 spiro atoms. The summed E-state index contributed by atoms with van der Waals surface area (Å²) in [6, 6.07) is -0.148. The van der Waals surface area contributed by atoms with E-state index in [0.29, 0.717) is 19.4 Å². The van der Waals surface area contributed by atoms with Gasteiger partial charge < -0.3 is 34.3 Å². The molecule has 0 amide bonds. The first-order chi connectivity index (χ1) is 15.4. The van der Waals surface area contributed by atoms with Crippen LogP contribution in [0.15, 0.2) is 0 Å². The van der Waals surface area contributed by atoms with E-state index in [1.807, 2.05) is 0 Å². The Balaban J connectivity index is 1.55. The average Bonchev–Trinajstić information content (AvgIpc) is 3.36. The van der Waals surface area contributed by atoms with E-state index < -0.39 is 34.9 Å². The van der Waals surface area contributed by atoms with Gasteiger partial charge in [0, 0.05) is 55.8 Å². The molecule has 3 N–H and O–H groups in total. The quantitative estimate of drug-likeness (QED) is 0.549. The van der Waals surface area contributed by atoms with Gasteiger partial charge >= 0.3 is 0 Å². The van der Waals surface area contributed by atoms with Crippen molar-refractivity contribution >= 4 is 0 Å². The number of hydrogen-bond donors (Lipinski definition) is 3. The van der Waals surface area contributed by atoms with Gasteiger partial charge in [0.15, 0.2) is 0 Å². The molecule has 2 heterocycles. The van der Waals surface area contributed by atoms with E-state index in [-0.39, 0.29) is 48.0 Å². The van der Waals surface area contributed by atoms with E-state index in [9.17, 15) is 15.3 Å². The second-order valence-corrected chi connectivity index (χ2v) is 11.8. The molecule has 0 aromatic rings. The van der Waals surface area contributed by atoms with Crippen molar-refractivity contribution in [3.05, 3.63) is 0 Å². The Morgan fingerprint density at radius 3 is 2.69 bits per heavy atom. The topological polar surface area (TPSA) is 101 Å². The van der Waals surface area contributed by atoms with Crippen LogP contribution < -0.4 is 0 Å². The van der Waals surface area contributed by atoms with Gasteiger partial charge in [-0.1, -0.05) is 6.92 Å². The van der Waals surface area contributed by atoms with Crippen LogP contribution >= 0.6 is 0 Å². The standard InChI is InChI=1S/C24H37NO7/c1-4-25-9-21(10-29-2)6-5-15(27)23-13-7-12-14(26)8-22(16(13)17(12)30-3)24(20(23)25,32-11-31-22)19(28)18(21)23/h12-20,26-28H,4-11H2,1-3H3. The molecule has 0 aromatic heterocycles. The van der Waals surface area contributed by atoms with Gasteiger partial charge in [0.05, 0.1) is 37.1 Å². The molecular formula is C24H37NO7. The van der Waals surface area contributed by atoms with Crippen LogP contribution in [0.2, 0.25) is 0 Å². The van der Waals surface area contributed by atoms with Crippen LogP contribution in [0.3, 0.4) is 0 Å². The minimum Gasteiger partial charge on any atom is -0.393 e. The van der Waals surface area contributed by atoms with E-state index in [2.05, 4.69) is 11.8 Å². The van der Waals surface area contributed by atoms with Crippen molar-refractivity contribution in [2.24, 2.45) is 34.5 Å². The number of hydrogen-bond acceptors (Lipinski definition) is 8. The predicted molar refractivity (Wildman–Crippen MR) is 112 cm³/mol. The van der Waals surface area contributed by atoms with Gasteiger partial charge in [-0.05, 0) is 31.7 Å². The van der Waals surface area contributed by atoms with Gasteiger partial charge in [0.1, 0.15) is 18.0 Å². The molecule has 7 aliphatic rings. The molecule has 180 valence electrons. The summed E-state index contributed by atoms with van der Waals surface area (Å²) in [6.07, 6.45) is 0.740. The Morgan fingerprint density at radius 1 is 1.16 bits per heavy atom. The van der Waals surface area contributed by atoms with Crippen molar-refractivity contribution in [1.82, 2.24) is 4.90 Å². The predicted octanol–water partition coefficient (Wildman–Crippen LogP) is -0.0175. The minimum atomic E-state index is -0.983. The summed E-state index contributed by atoms with van der Waals surface area (Å²) in [6.45, 7) is 4.47. The Kier molecular flexibility index (Phi) is 4.11. The largest absolute Gasteiger partial charge is 0.393 e. The third-order valence-electron chi connectivity index (χ3n) is 11.5. The molecule has 2 saturated heterocycles. The SMILES string of the molecule is CCN1CC2(COC)CCC(O)C34C5CC6C(O)CC7(OCOC7(C(O)C23)C14)C5C6OC. The first-order valence-electron chi connectivity index (χ1n) is 12.5. The molecule has 13 atom stereocenters. The van der Waals surface area contributed by atoms with E-state index in [1.54, 1.807) is 14.2 Å². The Morgan fingerprint density at radius 2 is 1.97 bits per heavy atom. The van der Waals surface area contributed by atoms with E-state index >= 15 is 0 Å². The zero-order valence-corrected chi connectivity index (χ0v) is 19.3. The fraction of sp³-hybridized carbons (Fsp3) is 1.00. The van der Waals surface area contributed by atoms with Crippen molar-refractivity contribution in [1.29, 1.82) is 0 Å². The van der Waals surface area contributed by atoms with Crippen LogP contribution in [-0.4, -0.2) is 103 Å². The van der Waals surface area contributed by atoms with Gasteiger partial charge in [0.25, 0.3) is 0 Å². The van der Waals surface area contributed by atoms with Gasteiger partial charge in [-0.3, -0.25) is 4.90 Å². The summed E-state index contributed by atoms with van der Waals surface area (Å²) in [5.41, 5.74) is -2.56. The first kappa shape index (κ1) is 21.0. The highest BCUT2D eigenvalue weighted by molar-refractivity contribution is 5.42. The molecule has 32 heavy (non-hydrogen) atoms. The summed E-state index contributed by atoms with van der Waals surface area (Å²) in [7, 11) is 3.47. The van der Waals surface area contributed by atoms with Crippen LogP contribution in [0, 0.1) is 34.5 Å². The lowest BCUT2D eigenvalue weighted by Crippen LogP contribution is -2.81. The van der Waals surface area contributed by atoms with Crippen molar-refractivity contribution in [2.45, 2.75) is 74.3 Å². The highest BCUT2D eigenvalue weighted by Crippen LogP contribution is 2.81. The number of aliphatic hydroxyl groups excluding tert-OH is 3. The highest BCUT2D eigenvalue weighted by atomic mass is 16.7. The number of methoxy groups -OCH3 is 2. The average molecular weight is 452 g/mol. The van der Waals surface area contributed by atoms with Crippen molar-refractivity contribution in [2.75, 3.05) is 40.7 Å². The van der Waals surface area contributed by atoms with E-state index in [0.717, 1.165) is 25.9 Å². The smallest absolute Gasteiger partial charge is 0.148 e. The number of rotatable bonds is 4. The number of piperidine rings is 1. The van der Waals surface area contributed by atoms with Crippen molar-refractivity contribution in [3.8, 4) is 0 Å². The summed E-state index contributed by atoms with van der Waals surface area (Å²) >= 11 is 0. The fourth-order valence-electron chi connectivity index (χ4n) is 11.2. The van der Waals surface area contributed by atoms with Crippen LogP contribution in [0.25, 0.3) is 0 Å². The maximum absolute atomic E-state index is 12.3. The zero-order chi connectivity index (χ0) is 22.3. The molecule has 7 rings (SSSR count). The molecule has 2 aliphatic heterocycles. The lowest BCUT2D eigenvalue weighted by Gasteiger charge is -2.69. The first-order valence-corrected chi connectivity index (χ1v) is 12.5. The molecule has 5 saturated carbocycles. The second kappa shape index (κ2) is 6.26. The fourth-order valence-corrected chi connectivity index (χ4v) is 11.2. The van der Waals surface area contributed by atoms with Gasteiger partial charge in [-0.25, -0.2) is 0 Å². The van der Waals surface area contributed by atoms with Gasteiger partial charge in [-0.15, -0.1) is 0 Å². The monoisotopic (exact) mass is 451 g/mol. The summed E-state index contributed by atoms with van der Waals surface area (Å²) in [4.78, 5) is 2.46. The van der Waals surface area contributed by atoms with E-state index in [4.69, 9.17) is 18.9 Å². The van der Waals surface area contributed by atoms with Crippen LogP contribution in [-0.2, 0) is 18.9 Å². The summed E-state index contributed by atoms with van der Waals surface area (Å²) < 4.78 is 25.0. The highest BCUT2D eigenvalue weighted by Gasteiger charge is 2.93. The molecular weight excluding hydrogens is 414 g/mol. The molecule has 8 nitrogen and oxygen atoms in total. The minimum absolute atomic E-state index is 0.0101. The maximum Gasteiger partial charge on any atom is 0.148 e. The number of fused-ring (bicyclic) bond motifs is 1. The molecule has 7 fully saturated rings. The van der Waals surface area contributed by atoms with Crippen LogP contribution in [0.4, 0.5) is 0 Å². The summed E-state index contributed by atoms with van der Waals surface area (Å²) in [5, 5.41) is 35.6. The van der Waals surface area contributed by atoms with Gasteiger partial charge in [0.2, 0.25) is 0 Å². The van der Waals surface area contributed by atoms with Crippen molar-refractivity contribution < 1.29 is 34.3 Å². The number of likely N-dealkylation sites (N-methyl/N-ethyl adjacent to an activating group) is 1. The Labute approximate surface area is 189 Å². The second-order valence-electron chi connectivity index (χ2n) is 11.8. The Hall–Kier alpha value is -0.320. The summed E-state index contributed by atoms with van der Waals surface area (Å²) in [5.74, 6) is -0.0230. The lowest BCUT2D eigenvalue weighted by molar-refractivity contribution is -0.283. The van der Waals surface area contributed by atoms with E-state index in [1.165, 1.54) is 0 Å². The number of ether oxygens (including phenoxy) is 4. The molecule has 13 unspecified atom stereocenters. The van der Waals surface area contributed by atoms with Crippen LogP contribution in [0.1, 0.15) is 32.6 Å². The lowest BCUT2D eigenvalue weighted by atomic mass is 9.42. The third kappa shape index (κ3) is 1.79. The van der Waals surface area contributed by atoms with Crippen LogP contribution in [0.5, 0.6) is 0 Å². The molecule has 0 radical (unpaired) electrons. The maximum atomic E-state index is 12.3.